The zero-order valence-corrected chi connectivity index (χ0v) is 18.4. The number of halogens is 2. The lowest BCUT2D eigenvalue weighted by Gasteiger charge is -2.14. The fourth-order valence-electron chi connectivity index (χ4n) is 3.36. The number of nitrogens with one attached hydrogen (secondary N) is 1. The van der Waals surface area contributed by atoms with Crippen molar-refractivity contribution >= 4 is 34.8 Å². The Labute approximate surface area is 187 Å². The van der Waals surface area contributed by atoms with Crippen molar-refractivity contribution in [1.29, 1.82) is 5.26 Å². The van der Waals surface area contributed by atoms with E-state index in [-0.39, 0.29) is 12.3 Å². The van der Waals surface area contributed by atoms with Crippen LogP contribution in [-0.4, -0.2) is 5.91 Å². The van der Waals surface area contributed by atoms with Gasteiger partial charge in [0.2, 0.25) is 5.91 Å². The van der Waals surface area contributed by atoms with Crippen molar-refractivity contribution < 1.29 is 4.79 Å². The average Bonchev–Trinajstić information content (AvgIpc) is 2.68. The van der Waals surface area contributed by atoms with Gasteiger partial charge >= 0.3 is 0 Å². The number of amides is 1. The van der Waals surface area contributed by atoms with Gasteiger partial charge in [0.25, 0.3) is 0 Å². The van der Waals surface area contributed by atoms with Crippen molar-refractivity contribution in [1.82, 2.24) is 0 Å². The van der Waals surface area contributed by atoms with Gasteiger partial charge in [0.15, 0.2) is 0 Å². The Balaban J connectivity index is 1.84. The van der Waals surface area contributed by atoms with E-state index in [0.717, 1.165) is 23.1 Å². The van der Waals surface area contributed by atoms with Gasteiger partial charge in [-0.1, -0.05) is 79.5 Å². The third kappa shape index (κ3) is 5.42. The molecular formula is C25H22Cl2N2O. The molecule has 0 aliphatic rings. The first-order chi connectivity index (χ1) is 14.4. The Morgan fingerprint density at radius 3 is 2.30 bits per heavy atom. The van der Waals surface area contributed by atoms with Gasteiger partial charge in [-0.2, -0.15) is 5.26 Å². The molecule has 1 N–H and O–H groups in total. The minimum Gasteiger partial charge on any atom is -0.326 e. The predicted octanol–water partition coefficient (Wildman–Crippen LogP) is 6.91. The zero-order chi connectivity index (χ0) is 21.7. The highest BCUT2D eigenvalue weighted by Gasteiger charge is 2.15. The van der Waals surface area contributed by atoms with E-state index in [1.54, 1.807) is 12.1 Å². The molecule has 0 unspecified atom stereocenters. The van der Waals surface area contributed by atoms with E-state index in [1.165, 1.54) is 0 Å². The van der Waals surface area contributed by atoms with Gasteiger partial charge in [0, 0.05) is 11.3 Å². The highest BCUT2D eigenvalue weighted by Crippen LogP contribution is 2.38. The fourth-order valence-corrected chi connectivity index (χ4v) is 4.07. The van der Waals surface area contributed by atoms with Crippen molar-refractivity contribution in [2.24, 2.45) is 5.92 Å². The second-order valence-corrected chi connectivity index (χ2v) is 8.42. The summed E-state index contributed by atoms with van der Waals surface area (Å²) in [4.78, 5) is 12.3. The van der Waals surface area contributed by atoms with Crippen molar-refractivity contribution in [3.63, 3.8) is 0 Å². The normalized spacial score (nSPS) is 10.7. The van der Waals surface area contributed by atoms with Crippen molar-refractivity contribution in [3.05, 3.63) is 87.4 Å². The molecule has 0 aliphatic heterocycles. The summed E-state index contributed by atoms with van der Waals surface area (Å²) in [6.07, 6.45) is 1.09. The molecule has 30 heavy (non-hydrogen) atoms. The van der Waals surface area contributed by atoms with E-state index < -0.39 is 0 Å². The minimum absolute atomic E-state index is 0.147. The molecule has 1 amide bonds. The number of hydrogen-bond acceptors (Lipinski definition) is 2. The maximum atomic E-state index is 12.3. The van der Waals surface area contributed by atoms with Crippen LogP contribution in [0.3, 0.4) is 0 Å². The van der Waals surface area contributed by atoms with Crippen LogP contribution in [0.1, 0.15) is 30.5 Å². The summed E-state index contributed by atoms with van der Waals surface area (Å²) >= 11 is 13.0. The number of anilines is 1. The Morgan fingerprint density at radius 1 is 1.03 bits per heavy atom. The first-order valence-electron chi connectivity index (χ1n) is 9.73. The van der Waals surface area contributed by atoms with Gasteiger partial charge in [-0.25, -0.2) is 0 Å². The third-order valence-corrected chi connectivity index (χ3v) is 5.28. The van der Waals surface area contributed by atoms with Crippen LogP contribution in [0.2, 0.25) is 10.0 Å². The van der Waals surface area contributed by atoms with Crippen LogP contribution < -0.4 is 5.32 Å². The zero-order valence-electron chi connectivity index (χ0n) is 16.9. The van der Waals surface area contributed by atoms with Gasteiger partial charge < -0.3 is 5.32 Å². The molecule has 3 aromatic carbocycles. The number of benzene rings is 3. The summed E-state index contributed by atoms with van der Waals surface area (Å²) in [7, 11) is 0. The molecule has 0 aliphatic carbocycles. The number of nitrogens with zero attached hydrogens (tertiary/aromatic N) is 1. The molecule has 3 rings (SSSR count). The number of carbonyl (C=O) groups excluding carboxylic acids is 1. The van der Waals surface area contributed by atoms with E-state index in [2.05, 4.69) is 25.2 Å². The summed E-state index contributed by atoms with van der Waals surface area (Å²) in [5, 5.41) is 13.2. The lowest BCUT2D eigenvalue weighted by atomic mass is 9.94. The molecule has 3 nitrogen and oxygen atoms in total. The van der Waals surface area contributed by atoms with Crippen LogP contribution in [0.25, 0.3) is 11.1 Å². The second kappa shape index (κ2) is 9.80. The second-order valence-electron chi connectivity index (χ2n) is 7.61. The SMILES string of the molecule is CC(C)Cc1ccc(-c2c(Cl)cc(NC(=O)Cc3ccccc3)cc2Cl)cc1C#N. The van der Waals surface area contributed by atoms with Gasteiger partial charge in [0.1, 0.15) is 0 Å². The molecule has 0 fully saturated rings. The quantitative estimate of drug-likeness (QED) is 0.456. The number of hydrogen-bond donors (Lipinski definition) is 1. The highest BCUT2D eigenvalue weighted by atomic mass is 35.5. The van der Waals surface area contributed by atoms with E-state index in [9.17, 15) is 10.1 Å². The summed E-state index contributed by atoms with van der Waals surface area (Å²) in [6.45, 7) is 4.24. The lowest BCUT2D eigenvalue weighted by Crippen LogP contribution is -2.14. The van der Waals surface area contributed by atoms with Crippen LogP contribution in [-0.2, 0) is 17.6 Å². The fraction of sp³-hybridized carbons (Fsp3) is 0.200. The largest absolute Gasteiger partial charge is 0.326 e. The van der Waals surface area contributed by atoms with Gasteiger partial charge in [-0.15, -0.1) is 0 Å². The lowest BCUT2D eigenvalue weighted by molar-refractivity contribution is -0.115. The molecule has 5 heteroatoms. The third-order valence-electron chi connectivity index (χ3n) is 4.68. The predicted molar refractivity (Wildman–Crippen MR) is 124 cm³/mol. The first kappa shape index (κ1) is 21.9. The van der Waals surface area contributed by atoms with E-state index in [1.807, 2.05) is 48.5 Å². The van der Waals surface area contributed by atoms with Crippen LogP contribution >= 0.6 is 23.2 Å². The number of carbonyl (C=O) groups is 1. The molecule has 0 atom stereocenters. The van der Waals surface area contributed by atoms with Crippen LogP contribution in [0.4, 0.5) is 5.69 Å². The number of nitriles is 1. The van der Waals surface area contributed by atoms with E-state index in [4.69, 9.17) is 23.2 Å². The summed E-state index contributed by atoms with van der Waals surface area (Å²) in [6, 6.07) is 20.8. The molecule has 0 saturated heterocycles. The monoisotopic (exact) mass is 436 g/mol. The van der Waals surface area contributed by atoms with Crippen molar-refractivity contribution in [2.75, 3.05) is 5.32 Å². The Hall–Kier alpha value is -2.80. The van der Waals surface area contributed by atoms with E-state index >= 15 is 0 Å². The molecule has 0 radical (unpaired) electrons. The maximum absolute atomic E-state index is 12.3. The first-order valence-corrected chi connectivity index (χ1v) is 10.5. The molecular weight excluding hydrogens is 415 g/mol. The highest BCUT2D eigenvalue weighted by molar-refractivity contribution is 6.39. The van der Waals surface area contributed by atoms with Crippen molar-refractivity contribution in [3.8, 4) is 17.2 Å². The molecule has 152 valence electrons. The Morgan fingerprint density at radius 2 is 1.70 bits per heavy atom. The van der Waals surface area contributed by atoms with Gasteiger partial charge in [-0.05, 0) is 47.2 Å². The standard InChI is InChI=1S/C25H22Cl2N2O/c1-16(2)10-18-8-9-19(12-20(18)15-28)25-22(26)13-21(14-23(25)27)29-24(30)11-17-6-4-3-5-7-17/h3-9,12-14,16H,10-11H2,1-2H3,(H,29,30). The summed E-state index contributed by atoms with van der Waals surface area (Å²) < 4.78 is 0. The molecule has 3 aromatic rings. The molecule has 0 aromatic heterocycles. The Kier molecular flexibility index (Phi) is 7.15. The van der Waals surface area contributed by atoms with Gasteiger partial charge in [0.05, 0.1) is 28.1 Å². The smallest absolute Gasteiger partial charge is 0.228 e. The maximum Gasteiger partial charge on any atom is 0.228 e. The summed E-state index contributed by atoms with van der Waals surface area (Å²) in [5.74, 6) is 0.305. The molecule has 0 saturated carbocycles. The molecule has 0 heterocycles. The van der Waals surface area contributed by atoms with Crippen LogP contribution in [0, 0.1) is 17.2 Å². The minimum atomic E-state index is -0.147. The molecule has 0 spiro atoms. The molecule has 0 bridgehead atoms. The number of rotatable bonds is 6. The Bertz CT molecular complexity index is 1080. The topological polar surface area (TPSA) is 52.9 Å². The van der Waals surface area contributed by atoms with Crippen LogP contribution in [0.15, 0.2) is 60.7 Å². The average molecular weight is 437 g/mol. The summed E-state index contributed by atoms with van der Waals surface area (Å²) in [5.41, 5.74) is 4.51. The van der Waals surface area contributed by atoms with Crippen molar-refractivity contribution in [2.45, 2.75) is 26.7 Å². The van der Waals surface area contributed by atoms with E-state index in [0.29, 0.717) is 32.8 Å². The van der Waals surface area contributed by atoms with Gasteiger partial charge in [-0.3, -0.25) is 4.79 Å². The van der Waals surface area contributed by atoms with Crippen LogP contribution in [0.5, 0.6) is 0 Å².